The molecule has 6 nitrogen and oxygen atoms in total. The van der Waals surface area contributed by atoms with Gasteiger partial charge in [0.05, 0.1) is 18.3 Å². The lowest BCUT2D eigenvalue weighted by Crippen LogP contribution is -2.23. The van der Waals surface area contributed by atoms with Gasteiger partial charge in [-0.1, -0.05) is 9.24 Å². The van der Waals surface area contributed by atoms with E-state index in [2.05, 4.69) is 15.1 Å². The predicted octanol–water partition coefficient (Wildman–Crippen LogP) is 3.46. The van der Waals surface area contributed by atoms with Gasteiger partial charge in [0.1, 0.15) is 0 Å². The van der Waals surface area contributed by atoms with Gasteiger partial charge in [0.15, 0.2) is 0 Å². The van der Waals surface area contributed by atoms with E-state index in [0.29, 0.717) is 22.7 Å². The van der Waals surface area contributed by atoms with E-state index in [1.807, 2.05) is 13.8 Å². The van der Waals surface area contributed by atoms with Gasteiger partial charge < -0.3 is 4.74 Å². The van der Waals surface area contributed by atoms with Crippen molar-refractivity contribution in [2.24, 2.45) is 0 Å². The number of rotatable bonds is 6. The van der Waals surface area contributed by atoms with Crippen LogP contribution in [0.25, 0.3) is 11.3 Å². The second kappa shape index (κ2) is 8.10. The summed E-state index contributed by atoms with van der Waals surface area (Å²) < 4.78 is 33.7. The number of ether oxygens (including phenoxy) is 1. The minimum absolute atomic E-state index is 0.0108. The van der Waals surface area contributed by atoms with Crippen molar-refractivity contribution in [2.75, 3.05) is 0 Å². The first-order chi connectivity index (χ1) is 13.2. The second-order valence-electron chi connectivity index (χ2n) is 6.47. The van der Waals surface area contributed by atoms with E-state index in [0.717, 1.165) is 6.20 Å². The molecule has 9 heteroatoms. The Morgan fingerprint density at radius 1 is 1.18 bits per heavy atom. The maximum Gasteiger partial charge on any atom is 0.285 e. The number of hydrogen-bond donors (Lipinski definition) is 0. The highest BCUT2D eigenvalue weighted by atomic mass is 31.0. The molecule has 0 fully saturated rings. The molecular weight excluding hydrogens is 385 g/mol. The summed E-state index contributed by atoms with van der Waals surface area (Å²) in [6.07, 6.45) is 4.14. The Labute approximate surface area is 162 Å². The van der Waals surface area contributed by atoms with E-state index >= 15 is 0 Å². The van der Waals surface area contributed by atoms with Gasteiger partial charge in [-0.05, 0) is 37.6 Å². The number of halogens is 2. The molecule has 0 aliphatic carbocycles. The summed E-state index contributed by atoms with van der Waals surface area (Å²) in [6.45, 7) is 3.84. The Morgan fingerprint density at radius 3 is 2.61 bits per heavy atom. The Morgan fingerprint density at radius 2 is 1.96 bits per heavy atom. The summed E-state index contributed by atoms with van der Waals surface area (Å²) in [6, 6.07) is 7.78. The van der Waals surface area contributed by atoms with Gasteiger partial charge in [-0.25, -0.2) is 9.67 Å². The lowest BCUT2D eigenvalue weighted by molar-refractivity contribution is 0.103. The molecule has 28 heavy (non-hydrogen) atoms. The van der Waals surface area contributed by atoms with Gasteiger partial charge in [0.2, 0.25) is 5.88 Å². The molecule has 1 unspecified atom stereocenters. The van der Waals surface area contributed by atoms with Gasteiger partial charge in [0.25, 0.3) is 11.2 Å². The normalized spacial score (nSPS) is 11.6. The quantitative estimate of drug-likeness (QED) is 0.589. The van der Waals surface area contributed by atoms with E-state index in [1.165, 1.54) is 32.3 Å². The van der Waals surface area contributed by atoms with Crippen LogP contribution in [0, 0.1) is 0 Å². The SMILES string of the molecule is CC(C)Oc1ccc(-c2ccc(=O)n(Cc3cncc(C(F)(F)P)c3)n2)cn1. The number of hydrogen-bond acceptors (Lipinski definition) is 5. The monoisotopic (exact) mass is 404 g/mol. The minimum Gasteiger partial charge on any atom is -0.475 e. The Hall–Kier alpha value is -2.73. The van der Waals surface area contributed by atoms with Crippen LogP contribution in [-0.4, -0.2) is 25.9 Å². The fraction of sp³-hybridized carbons (Fsp3) is 0.263. The third kappa shape index (κ3) is 4.95. The zero-order valence-corrected chi connectivity index (χ0v) is 16.5. The maximum absolute atomic E-state index is 13.5. The van der Waals surface area contributed by atoms with Gasteiger partial charge in [-0.2, -0.15) is 13.9 Å². The van der Waals surface area contributed by atoms with Crippen LogP contribution >= 0.6 is 9.24 Å². The highest BCUT2D eigenvalue weighted by molar-refractivity contribution is 7.17. The van der Waals surface area contributed by atoms with Crippen molar-refractivity contribution in [1.82, 2.24) is 19.7 Å². The largest absolute Gasteiger partial charge is 0.475 e. The molecule has 0 saturated carbocycles. The fourth-order valence-corrected chi connectivity index (χ4v) is 2.65. The first-order valence-corrected chi connectivity index (χ1v) is 9.12. The average molecular weight is 404 g/mol. The Kier molecular flexibility index (Phi) is 5.79. The first kappa shape index (κ1) is 20.0. The predicted molar refractivity (Wildman–Crippen MR) is 104 cm³/mol. The molecule has 3 rings (SSSR count). The van der Waals surface area contributed by atoms with E-state index in [4.69, 9.17) is 4.74 Å². The molecule has 0 amide bonds. The zero-order valence-electron chi connectivity index (χ0n) is 15.3. The van der Waals surface area contributed by atoms with Crippen molar-refractivity contribution in [3.05, 3.63) is 70.4 Å². The van der Waals surface area contributed by atoms with E-state index in [1.54, 1.807) is 24.4 Å². The zero-order chi connectivity index (χ0) is 20.3. The van der Waals surface area contributed by atoms with E-state index in [-0.39, 0.29) is 23.8 Å². The summed E-state index contributed by atoms with van der Waals surface area (Å²) in [4.78, 5) is 20.2. The van der Waals surface area contributed by atoms with Crippen molar-refractivity contribution < 1.29 is 13.5 Å². The van der Waals surface area contributed by atoms with Crippen molar-refractivity contribution in [3.63, 3.8) is 0 Å². The molecule has 0 aliphatic rings. The van der Waals surface area contributed by atoms with Crippen LogP contribution in [0.2, 0.25) is 0 Å². The molecular formula is C19H19F2N4O2P. The van der Waals surface area contributed by atoms with Crippen LogP contribution in [0.5, 0.6) is 5.88 Å². The van der Waals surface area contributed by atoms with Crippen molar-refractivity contribution in [1.29, 1.82) is 0 Å². The van der Waals surface area contributed by atoms with Crippen molar-refractivity contribution in [2.45, 2.75) is 32.2 Å². The topological polar surface area (TPSA) is 69.9 Å². The van der Waals surface area contributed by atoms with Crippen LogP contribution in [0.3, 0.4) is 0 Å². The van der Waals surface area contributed by atoms with Crippen molar-refractivity contribution >= 4 is 9.24 Å². The Bertz CT molecular complexity index is 1020. The van der Waals surface area contributed by atoms with Gasteiger partial charge >= 0.3 is 0 Å². The number of pyridine rings is 2. The van der Waals surface area contributed by atoms with Crippen LogP contribution in [-0.2, 0) is 12.2 Å². The maximum atomic E-state index is 13.5. The van der Waals surface area contributed by atoms with E-state index < -0.39 is 5.66 Å². The molecule has 3 aromatic rings. The second-order valence-corrected chi connectivity index (χ2v) is 7.20. The smallest absolute Gasteiger partial charge is 0.285 e. The highest BCUT2D eigenvalue weighted by Crippen LogP contribution is 2.34. The lowest BCUT2D eigenvalue weighted by atomic mass is 10.2. The standard InChI is InChI=1S/C19H19F2N4O2P/c1-12(2)27-17-5-3-14(9-23-17)16-4-6-18(26)25(24-16)11-13-7-15(10-22-8-13)19(20,21)28/h3-10,12H,11,28H2,1-2H3. The fourth-order valence-electron chi connectivity index (χ4n) is 2.49. The van der Waals surface area contributed by atoms with Crippen molar-refractivity contribution in [3.8, 4) is 17.1 Å². The number of nitrogens with zero attached hydrogens (tertiary/aromatic N) is 4. The molecule has 0 radical (unpaired) electrons. The lowest BCUT2D eigenvalue weighted by Gasteiger charge is -2.12. The number of aromatic nitrogens is 4. The van der Waals surface area contributed by atoms with Crippen LogP contribution in [0.15, 0.2) is 53.7 Å². The average Bonchev–Trinajstić information content (AvgIpc) is 2.63. The number of alkyl halides is 2. The minimum atomic E-state index is -3.09. The molecule has 3 aromatic heterocycles. The molecule has 3 heterocycles. The molecule has 0 aromatic carbocycles. The summed E-state index contributed by atoms with van der Waals surface area (Å²) in [5.74, 6) is 0.494. The van der Waals surface area contributed by atoms with Crippen LogP contribution in [0.1, 0.15) is 25.0 Å². The summed E-state index contributed by atoms with van der Waals surface area (Å²) in [5, 5.41) is 4.32. The first-order valence-electron chi connectivity index (χ1n) is 8.55. The molecule has 0 saturated heterocycles. The molecule has 0 N–H and O–H groups in total. The van der Waals surface area contributed by atoms with Gasteiger partial charge in [-0.15, -0.1) is 0 Å². The molecule has 0 spiro atoms. The van der Waals surface area contributed by atoms with Gasteiger partial charge in [0, 0.05) is 41.9 Å². The third-order valence-electron chi connectivity index (χ3n) is 3.77. The molecule has 0 aliphatic heterocycles. The molecule has 0 bridgehead atoms. The highest BCUT2D eigenvalue weighted by Gasteiger charge is 2.25. The molecule has 146 valence electrons. The summed E-state index contributed by atoms with van der Waals surface area (Å²) >= 11 is 0. The third-order valence-corrected chi connectivity index (χ3v) is 4.10. The van der Waals surface area contributed by atoms with Crippen LogP contribution < -0.4 is 10.3 Å². The molecule has 1 atom stereocenters. The summed E-state index contributed by atoms with van der Waals surface area (Å²) in [7, 11) is 1.47. The summed E-state index contributed by atoms with van der Waals surface area (Å²) in [5.41, 5.74) is -2.00. The van der Waals surface area contributed by atoms with Crippen LogP contribution in [0.4, 0.5) is 8.78 Å². The van der Waals surface area contributed by atoms with Gasteiger partial charge in [-0.3, -0.25) is 9.78 Å². The Balaban J connectivity index is 1.87. The van der Waals surface area contributed by atoms with E-state index in [9.17, 15) is 13.6 Å².